The van der Waals surface area contributed by atoms with Crippen LogP contribution in [0.4, 0.5) is 0 Å². The van der Waals surface area contributed by atoms with Gasteiger partial charge in [-0.1, -0.05) is 0 Å². The van der Waals surface area contributed by atoms with Crippen molar-refractivity contribution >= 4 is 15.9 Å². The van der Waals surface area contributed by atoms with Crippen molar-refractivity contribution in [2.24, 2.45) is 5.92 Å². The molecule has 1 aromatic rings. The summed E-state index contributed by atoms with van der Waals surface area (Å²) in [5.74, 6) is -0.305. The van der Waals surface area contributed by atoms with Crippen molar-refractivity contribution in [2.75, 3.05) is 32.8 Å². The summed E-state index contributed by atoms with van der Waals surface area (Å²) in [6.07, 6.45) is 1.27. The van der Waals surface area contributed by atoms with Crippen molar-refractivity contribution in [1.29, 1.82) is 0 Å². The van der Waals surface area contributed by atoms with Crippen molar-refractivity contribution in [1.82, 2.24) is 15.4 Å². The van der Waals surface area contributed by atoms with E-state index in [1.807, 2.05) is 0 Å². The minimum absolute atomic E-state index is 0.0133. The second kappa shape index (κ2) is 8.45. The Labute approximate surface area is 153 Å². The Balaban J connectivity index is 1.53. The van der Waals surface area contributed by atoms with Crippen molar-refractivity contribution in [3.63, 3.8) is 0 Å². The smallest absolute Gasteiger partial charge is 0.251 e. The van der Waals surface area contributed by atoms with Crippen LogP contribution < -0.4 is 15.4 Å². The van der Waals surface area contributed by atoms with Crippen LogP contribution in [-0.4, -0.2) is 64.4 Å². The first-order chi connectivity index (χ1) is 12.5. The van der Waals surface area contributed by atoms with Gasteiger partial charge in [0.2, 0.25) is 10.0 Å². The third kappa shape index (κ3) is 4.80. The summed E-state index contributed by atoms with van der Waals surface area (Å²) in [4.78, 5) is 12.3. The molecular weight excluding hydrogens is 358 g/mol. The van der Waals surface area contributed by atoms with Gasteiger partial charge in [-0.15, -0.1) is 0 Å². The Morgan fingerprint density at radius 3 is 2.62 bits per heavy atom. The molecule has 3 unspecified atom stereocenters. The van der Waals surface area contributed by atoms with E-state index in [4.69, 9.17) is 4.74 Å². The number of carbonyl (C=O) groups is 1. The van der Waals surface area contributed by atoms with Crippen molar-refractivity contribution in [3.05, 3.63) is 29.8 Å². The van der Waals surface area contributed by atoms with E-state index in [-0.39, 0.29) is 29.4 Å². The molecule has 144 valence electrons. The van der Waals surface area contributed by atoms with Crippen molar-refractivity contribution in [2.45, 2.75) is 29.9 Å². The molecule has 0 bridgehead atoms. The Hall–Kier alpha value is -1.52. The van der Waals surface area contributed by atoms with Crippen molar-refractivity contribution in [3.8, 4) is 0 Å². The number of aliphatic hydroxyl groups excluding tert-OH is 1. The van der Waals surface area contributed by atoms with Crippen LogP contribution in [0.15, 0.2) is 29.2 Å². The van der Waals surface area contributed by atoms with Gasteiger partial charge in [-0.3, -0.25) is 4.79 Å². The molecule has 3 rings (SSSR count). The molecule has 0 saturated carbocycles. The highest BCUT2D eigenvalue weighted by Gasteiger charge is 2.25. The lowest BCUT2D eigenvalue weighted by Crippen LogP contribution is -2.34. The molecule has 1 amide bonds. The van der Waals surface area contributed by atoms with Gasteiger partial charge in [-0.25, -0.2) is 13.1 Å². The predicted octanol–water partition coefficient (Wildman–Crippen LogP) is -0.546. The second-order valence-electron chi connectivity index (χ2n) is 6.71. The Bertz CT molecular complexity index is 716. The molecule has 0 aliphatic carbocycles. The fourth-order valence-corrected chi connectivity index (χ4v) is 4.20. The first-order valence-corrected chi connectivity index (χ1v) is 10.3. The van der Waals surface area contributed by atoms with Crippen LogP contribution in [0.25, 0.3) is 0 Å². The summed E-state index contributed by atoms with van der Waals surface area (Å²) < 4.78 is 32.6. The molecule has 3 atom stereocenters. The number of sulfonamides is 1. The lowest BCUT2D eigenvalue weighted by Gasteiger charge is -2.14. The fourth-order valence-electron chi connectivity index (χ4n) is 3.13. The van der Waals surface area contributed by atoms with Crippen LogP contribution >= 0.6 is 0 Å². The van der Waals surface area contributed by atoms with Gasteiger partial charge in [0.25, 0.3) is 5.91 Å². The molecule has 2 saturated heterocycles. The molecule has 26 heavy (non-hydrogen) atoms. The molecule has 4 N–H and O–H groups in total. The number of carbonyl (C=O) groups excluding carboxylic acids is 1. The van der Waals surface area contributed by atoms with Crippen LogP contribution in [0, 0.1) is 5.92 Å². The molecular formula is C17H25N3O5S. The van der Waals surface area contributed by atoms with E-state index >= 15 is 0 Å². The maximum absolute atomic E-state index is 12.3. The number of rotatable bonds is 7. The lowest BCUT2D eigenvalue weighted by atomic mass is 10.1. The van der Waals surface area contributed by atoms with Gasteiger partial charge in [0.15, 0.2) is 0 Å². The summed E-state index contributed by atoms with van der Waals surface area (Å²) in [7, 11) is -3.63. The van der Waals surface area contributed by atoms with E-state index in [9.17, 15) is 18.3 Å². The molecule has 2 heterocycles. The molecule has 8 nitrogen and oxygen atoms in total. The average molecular weight is 383 g/mol. The van der Waals surface area contributed by atoms with Gasteiger partial charge in [0.1, 0.15) is 0 Å². The zero-order valence-electron chi connectivity index (χ0n) is 14.5. The number of aliphatic hydroxyl groups is 1. The third-order valence-corrected chi connectivity index (χ3v) is 6.22. The Morgan fingerprint density at radius 2 is 2.00 bits per heavy atom. The highest BCUT2D eigenvalue weighted by molar-refractivity contribution is 7.89. The maximum Gasteiger partial charge on any atom is 0.251 e. The summed E-state index contributed by atoms with van der Waals surface area (Å²) >= 11 is 0. The number of nitrogens with one attached hydrogen (secondary N) is 3. The number of benzene rings is 1. The van der Waals surface area contributed by atoms with E-state index in [1.165, 1.54) is 24.3 Å². The molecule has 9 heteroatoms. The average Bonchev–Trinajstić information content (AvgIpc) is 3.30. The largest absolute Gasteiger partial charge is 0.391 e. The summed E-state index contributed by atoms with van der Waals surface area (Å²) in [5, 5.41) is 15.6. The topological polar surface area (TPSA) is 117 Å². The maximum atomic E-state index is 12.3. The van der Waals surface area contributed by atoms with E-state index < -0.39 is 16.1 Å². The van der Waals surface area contributed by atoms with Crippen LogP contribution in [-0.2, 0) is 14.8 Å². The lowest BCUT2D eigenvalue weighted by molar-refractivity contribution is 0.0927. The predicted molar refractivity (Wildman–Crippen MR) is 95.3 cm³/mol. The van der Waals surface area contributed by atoms with E-state index in [0.29, 0.717) is 31.8 Å². The number of amides is 1. The SMILES string of the molecule is O=C(NCC1CNCC1O)c1ccc(S(=O)(=O)NCC2CCCO2)cc1. The van der Waals surface area contributed by atoms with Gasteiger partial charge in [-0.05, 0) is 37.1 Å². The monoisotopic (exact) mass is 383 g/mol. The minimum Gasteiger partial charge on any atom is -0.391 e. The number of ether oxygens (including phenoxy) is 1. The van der Waals surface area contributed by atoms with Crippen LogP contribution in [0.1, 0.15) is 23.2 Å². The van der Waals surface area contributed by atoms with Crippen molar-refractivity contribution < 1.29 is 23.1 Å². The highest BCUT2D eigenvalue weighted by Crippen LogP contribution is 2.14. The van der Waals surface area contributed by atoms with E-state index in [1.54, 1.807) is 0 Å². The zero-order chi connectivity index (χ0) is 18.6. The molecule has 2 aliphatic heterocycles. The zero-order valence-corrected chi connectivity index (χ0v) is 15.3. The number of hydrogen-bond acceptors (Lipinski definition) is 6. The number of hydrogen-bond donors (Lipinski definition) is 4. The Morgan fingerprint density at radius 1 is 1.23 bits per heavy atom. The standard InChI is InChI=1S/C17H25N3O5S/c21-16-11-18-8-13(16)9-19-17(22)12-3-5-15(6-4-12)26(23,24)20-10-14-2-1-7-25-14/h3-6,13-14,16,18,20-21H,1-2,7-11H2,(H,19,22). The molecule has 2 fully saturated rings. The number of β-amino-alcohol motifs (C(OH)–C–C–N with tert-alkyl or cyclic N) is 1. The normalized spacial score (nSPS) is 26.1. The molecule has 2 aliphatic rings. The molecule has 1 aromatic carbocycles. The van der Waals surface area contributed by atoms with Gasteiger partial charge in [0, 0.05) is 44.3 Å². The molecule has 0 spiro atoms. The first-order valence-electron chi connectivity index (χ1n) is 8.84. The van der Waals surface area contributed by atoms with Crippen LogP contribution in [0.2, 0.25) is 0 Å². The van der Waals surface area contributed by atoms with Gasteiger partial charge in [-0.2, -0.15) is 0 Å². The van der Waals surface area contributed by atoms with Gasteiger partial charge >= 0.3 is 0 Å². The second-order valence-corrected chi connectivity index (χ2v) is 8.47. The van der Waals surface area contributed by atoms with Crippen LogP contribution in [0.3, 0.4) is 0 Å². The molecule has 0 aromatic heterocycles. The minimum atomic E-state index is -3.63. The summed E-state index contributed by atoms with van der Waals surface area (Å²) in [6, 6.07) is 5.80. The van der Waals surface area contributed by atoms with Gasteiger partial charge < -0.3 is 20.5 Å². The van der Waals surface area contributed by atoms with E-state index in [0.717, 1.165) is 12.8 Å². The molecule has 0 radical (unpaired) electrons. The quantitative estimate of drug-likeness (QED) is 0.502. The van der Waals surface area contributed by atoms with Gasteiger partial charge in [0.05, 0.1) is 17.1 Å². The summed E-state index contributed by atoms with van der Waals surface area (Å²) in [6.45, 7) is 2.49. The highest BCUT2D eigenvalue weighted by atomic mass is 32.2. The third-order valence-electron chi connectivity index (χ3n) is 4.78. The van der Waals surface area contributed by atoms with E-state index in [2.05, 4.69) is 15.4 Å². The Kier molecular flexibility index (Phi) is 6.25. The fraction of sp³-hybridized carbons (Fsp3) is 0.588. The first kappa shape index (κ1) is 19.2. The van der Waals surface area contributed by atoms with Crippen LogP contribution in [0.5, 0.6) is 0 Å². The summed E-state index contributed by atoms with van der Waals surface area (Å²) in [5.41, 5.74) is 0.378.